The predicted molar refractivity (Wildman–Crippen MR) is 149 cm³/mol. The molecule has 0 unspecified atom stereocenters. The van der Waals surface area contributed by atoms with Gasteiger partial charge < -0.3 is 22.1 Å². The second kappa shape index (κ2) is 13.6. The maximum absolute atomic E-state index is 12.3. The van der Waals surface area contributed by atoms with E-state index in [0.29, 0.717) is 48.4 Å². The molecule has 0 aliphatic heterocycles. The van der Waals surface area contributed by atoms with Crippen molar-refractivity contribution in [3.63, 3.8) is 0 Å². The quantitative estimate of drug-likeness (QED) is 0.322. The van der Waals surface area contributed by atoms with Crippen molar-refractivity contribution in [2.24, 2.45) is 11.5 Å². The Balaban J connectivity index is 1.80. The van der Waals surface area contributed by atoms with Gasteiger partial charge in [-0.25, -0.2) is 0 Å². The molecule has 0 bridgehead atoms. The van der Waals surface area contributed by atoms with Gasteiger partial charge in [0.05, 0.1) is 0 Å². The summed E-state index contributed by atoms with van der Waals surface area (Å²) in [4.78, 5) is 24.5. The number of benzene rings is 3. The van der Waals surface area contributed by atoms with Gasteiger partial charge >= 0.3 is 0 Å². The Labute approximate surface area is 227 Å². The fourth-order valence-corrected chi connectivity index (χ4v) is 4.11. The van der Waals surface area contributed by atoms with Crippen LogP contribution in [0.25, 0.3) is 0 Å². The summed E-state index contributed by atoms with van der Waals surface area (Å²) in [6.45, 7) is 1.56. The van der Waals surface area contributed by atoms with E-state index < -0.39 is 0 Å². The van der Waals surface area contributed by atoms with Crippen molar-refractivity contribution < 1.29 is 9.59 Å². The number of rotatable bonds is 6. The minimum Gasteiger partial charge on any atom is -0.351 e. The first kappa shape index (κ1) is 27.2. The van der Waals surface area contributed by atoms with E-state index in [2.05, 4.69) is 66.2 Å². The molecule has 182 valence electrons. The molecule has 0 spiro atoms. The van der Waals surface area contributed by atoms with Crippen LogP contribution in [0.4, 0.5) is 0 Å². The lowest BCUT2D eigenvalue weighted by Gasteiger charge is -2.05. The molecule has 3 aromatic rings. The van der Waals surface area contributed by atoms with Crippen molar-refractivity contribution in [1.82, 2.24) is 10.6 Å². The van der Waals surface area contributed by atoms with Crippen LogP contribution in [0, 0.1) is 23.7 Å². The fraction of sp³-hybridized carbons (Fsp3) is 0.143. The molecule has 0 saturated heterocycles. The molecule has 0 atom stereocenters. The Kier molecular flexibility index (Phi) is 10.3. The van der Waals surface area contributed by atoms with Crippen LogP contribution in [0.5, 0.6) is 0 Å². The lowest BCUT2D eigenvalue weighted by Crippen LogP contribution is -2.29. The zero-order valence-electron chi connectivity index (χ0n) is 19.3. The molecule has 36 heavy (non-hydrogen) atoms. The Hall–Kier alpha value is -3.40. The van der Waals surface area contributed by atoms with Crippen molar-refractivity contribution in [2.75, 3.05) is 26.2 Å². The zero-order chi connectivity index (χ0) is 25.9. The fourth-order valence-electron chi connectivity index (χ4n) is 3.12. The summed E-state index contributed by atoms with van der Waals surface area (Å²) in [6.07, 6.45) is 0. The van der Waals surface area contributed by atoms with Gasteiger partial charge in [0.25, 0.3) is 11.8 Å². The summed E-state index contributed by atoms with van der Waals surface area (Å²) in [5.74, 6) is 12.1. The van der Waals surface area contributed by atoms with E-state index in [1.54, 1.807) is 24.3 Å². The SMILES string of the molecule is NCCNC(=O)c1cc(Br)cc(C#Cc2cccc(C#Cc3cc(Br)cc(C(=O)NCCN)c3)c2)c1. The standard InChI is InChI=1S/C28H24Br2N4O2/c29-25-15-21(13-23(17-25)27(35)33-10-8-31)6-4-19-2-1-3-20(12-19)5-7-22-14-24(18-26(30)16-22)28(36)34-11-9-32/h1-3,12-18H,8-11,31-32H2,(H,33,35)(H,34,36). The number of halogens is 2. The van der Waals surface area contributed by atoms with Gasteiger partial charge in [-0.3, -0.25) is 9.59 Å². The highest BCUT2D eigenvalue weighted by molar-refractivity contribution is 9.10. The minimum absolute atomic E-state index is 0.199. The first-order chi connectivity index (χ1) is 17.4. The molecular weight excluding hydrogens is 584 g/mol. The highest BCUT2D eigenvalue weighted by Crippen LogP contribution is 2.17. The first-order valence-electron chi connectivity index (χ1n) is 11.1. The van der Waals surface area contributed by atoms with Crippen LogP contribution in [0.3, 0.4) is 0 Å². The summed E-state index contributed by atoms with van der Waals surface area (Å²) >= 11 is 6.87. The van der Waals surface area contributed by atoms with Crippen LogP contribution in [0.1, 0.15) is 43.0 Å². The summed E-state index contributed by atoms with van der Waals surface area (Å²) in [7, 11) is 0. The van der Waals surface area contributed by atoms with E-state index >= 15 is 0 Å². The molecule has 8 heteroatoms. The summed E-state index contributed by atoms with van der Waals surface area (Å²) < 4.78 is 1.52. The van der Waals surface area contributed by atoms with Crippen molar-refractivity contribution in [3.8, 4) is 23.7 Å². The van der Waals surface area contributed by atoms with E-state index in [9.17, 15) is 9.59 Å². The molecule has 0 radical (unpaired) electrons. The predicted octanol–water partition coefficient (Wildman–Crippen LogP) is 3.39. The van der Waals surface area contributed by atoms with Crippen LogP contribution >= 0.6 is 31.9 Å². The number of amides is 2. The van der Waals surface area contributed by atoms with Crippen LogP contribution in [0.15, 0.2) is 69.6 Å². The first-order valence-corrected chi connectivity index (χ1v) is 12.7. The van der Waals surface area contributed by atoms with Crippen molar-refractivity contribution in [1.29, 1.82) is 0 Å². The molecule has 6 nitrogen and oxygen atoms in total. The van der Waals surface area contributed by atoms with Crippen LogP contribution < -0.4 is 22.1 Å². The molecule has 0 aliphatic carbocycles. The van der Waals surface area contributed by atoms with Crippen molar-refractivity contribution >= 4 is 43.7 Å². The van der Waals surface area contributed by atoms with Gasteiger partial charge in [0.15, 0.2) is 0 Å². The van der Waals surface area contributed by atoms with Gasteiger partial charge in [0, 0.05) is 68.5 Å². The van der Waals surface area contributed by atoms with Crippen molar-refractivity contribution in [3.05, 3.63) is 103 Å². The maximum Gasteiger partial charge on any atom is 0.251 e. The van der Waals surface area contributed by atoms with E-state index in [-0.39, 0.29) is 11.8 Å². The Bertz CT molecular complexity index is 1300. The molecule has 6 N–H and O–H groups in total. The lowest BCUT2D eigenvalue weighted by molar-refractivity contribution is 0.0946. The van der Waals surface area contributed by atoms with Gasteiger partial charge in [-0.1, -0.05) is 61.6 Å². The number of carbonyl (C=O) groups is 2. The van der Waals surface area contributed by atoms with E-state index in [1.807, 2.05) is 36.4 Å². The molecule has 3 aromatic carbocycles. The normalized spacial score (nSPS) is 9.89. The van der Waals surface area contributed by atoms with Crippen LogP contribution in [0.2, 0.25) is 0 Å². The third kappa shape index (κ3) is 8.37. The molecule has 2 amide bonds. The summed E-state index contributed by atoms with van der Waals surface area (Å²) in [5.41, 5.74) is 14.9. The number of hydrogen-bond acceptors (Lipinski definition) is 4. The lowest BCUT2D eigenvalue weighted by atomic mass is 10.1. The van der Waals surface area contributed by atoms with Crippen LogP contribution in [-0.4, -0.2) is 38.0 Å². The molecule has 0 saturated carbocycles. The number of nitrogens with two attached hydrogens (primary N) is 2. The number of hydrogen-bond donors (Lipinski definition) is 4. The van der Waals surface area contributed by atoms with E-state index in [4.69, 9.17) is 11.5 Å². The van der Waals surface area contributed by atoms with E-state index in [1.165, 1.54) is 0 Å². The second-order valence-corrected chi connectivity index (χ2v) is 9.46. The van der Waals surface area contributed by atoms with Gasteiger partial charge in [0.2, 0.25) is 0 Å². The van der Waals surface area contributed by atoms with Crippen molar-refractivity contribution in [2.45, 2.75) is 0 Å². The Morgan fingerprint density at radius 3 is 1.47 bits per heavy atom. The van der Waals surface area contributed by atoms with E-state index in [0.717, 1.165) is 20.1 Å². The average molecular weight is 608 g/mol. The smallest absolute Gasteiger partial charge is 0.251 e. The van der Waals surface area contributed by atoms with Crippen LogP contribution in [-0.2, 0) is 0 Å². The van der Waals surface area contributed by atoms with Gasteiger partial charge in [-0.05, 0) is 54.6 Å². The summed E-state index contributed by atoms with van der Waals surface area (Å²) in [6, 6.07) is 18.2. The van der Waals surface area contributed by atoms with Gasteiger partial charge in [-0.2, -0.15) is 0 Å². The largest absolute Gasteiger partial charge is 0.351 e. The van der Waals surface area contributed by atoms with Gasteiger partial charge in [-0.15, -0.1) is 0 Å². The highest BCUT2D eigenvalue weighted by atomic mass is 79.9. The third-order valence-corrected chi connectivity index (χ3v) is 5.66. The molecule has 0 fully saturated rings. The number of nitrogens with one attached hydrogen (secondary N) is 2. The second-order valence-electron chi connectivity index (χ2n) is 7.63. The third-order valence-electron chi connectivity index (χ3n) is 4.74. The maximum atomic E-state index is 12.3. The highest BCUT2D eigenvalue weighted by Gasteiger charge is 2.08. The Morgan fingerprint density at radius 2 is 1.06 bits per heavy atom. The molecule has 0 aromatic heterocycles. The minimum atomic E-state index is -0.199. The zero-order valence-corrected chi connectivity index (χ0v) is 22.5. The molecule has 3 rings (SSSR count). The molecule has 0 heterocycles. The topological polar surface area (TPSA) is 110 Å². The molecule has 0 aliphatic rings. The monoisotopic (exact) mass is 606 g/mol. The Morgan fingerprint density at radius 1 is 0.639 bits per heavy atom. The van der Waals surface area contributed by atoms with Gasteiger partial charge in [0.1, 0.15) is 0 Å². The average Bonchev–Trinajstić information content (AvgIpc) is 2.87. The summed E-state index contributed by atoms with van der Waals surface area (Å²) in [5, 5.41) is 5.51. The number of carbonyl (C=O) groups excluding carboxylic acids is 2. The molecular formula is C28H24Br2N4O2.